The van der Waals surface area contributed by atoms with Gasteiger partial charge < -0.3 is 25.0 Å². The Kier molecular flexibility index (Phi) is 4.79. The quantitative estimate of drug-likeness (QED) is 0.591. The topological polar surface area (TPSA) is 73.5 Å². The van der Waals surface area contributed by atoms with Crippen molar-refractivity contribution >= 4 is 17.3 Å². The first-order valence-corrected chi connectivity index (χ1v) is 9.15. The van der Waals surface area contributed by atoms with Crippen molar-refractivity contribution in [1.82, 2.24) is 19.8 Å². The SMILES string of the molecule is OCCN1C(=S)N[C@H](c2ccccn2)[C@H]1c1cccn1-c1ccc(O)cc1. The van der Waals surface area contributed by atoms with Gasteiger partial charge in [-0.05, 0) is 60.7 Å². The molecule has 138 valence electrons. The van der Waals surface area contributed by atoms with E-state index in [2.05, 4.69) is 14.9 Å². The van der Waals surface area contributed by atoms with Crippen LogP contribution in [-0.2, 0) is 0 Å². The van der Waals surface area contributed by atoms with Crippen molar-refractivity contribution in [3.63, 3.8) is 0 Å². The third-order valence-corrected chi connectivity index (χ3v) is 5.10. The smallest absolute Gasteiger partial charge is 0.170 e. The molecule has 0 aliphatic carbocycles. The molecular formula is C20H20N4O2S. The van der Waals surface area contributed by atoms with Crippen LogP contribution in [0.3, 0.4) is 0 Å². The minimum atomic E-state index is -0.129. The lowest BCUT2D eigenvalue weighted by molar-refractivity contribution is 0.220. The molecule has 0 saturated carbocycles. The third-order valence-electron chi connectivity index (χ3n) is 4.75. The number of aliphatic hydroxyl groups excluding tert-OH is 1. The Morgan fingerprint density at radius 3 is 2.59 bits per heavy atom. The molecule has 4 rings (SSSR count). The van der Waals surface area contributed by atoms with Crippen molar-refractivity contribution in [3.05, 3.63) is 78.4 Å². The number of nitrogens with one attached hydrogen (secondary N) is 1. The summed E-state index contributed by atoms with van der Waals surface area (Å²) in [4.78, 5) is 6.51. The molecule has 0 spiro atoms. The van der Waals surface area contributed by atoms with Crippen LogP contribution in [0.4, 0.5) is 0 Å². The van der Waals surface area contributed by atoms with Crippen molar-refractivity contribution in [2.24, 2.45) is 0 Å². The number of thiocarbonyl (C=S) groups is 1. The van der Waals surface area contributed by atoms with Gasteiger partial charge in [-0.2, -0.15) is 0 Å². The largest absolute Gasteiger partial charge is 0.508 e. The highest BCUT2D eigenvalue weighted by molar-refractivity contribution is 7.80. The molecule has 0 unspecified atom stereocenters. The van der Waals surface area contributed by atoms with Gasteiger partial charge in [-0.25, -0.2) is 0 Å². The lowest BCUT2D eigenvalue weighted by Gasteiger charge is -2.28. The highest BCUT2D eigenvalue weighted by Gasteiger charge is 2.40. The highest BCUT2D eigenvalue weighted by Crippen LogP contribution is 2.39. The maximum atomic E-state index is 9.59. The van der Waals surface area contributed by atoms with Crippen molar-refractivity contribution < 1.29 is 10.2 Å². The minimum Gasteiger partial charge on any atom is -0.508 e. The Morgan fingerprint density at radius 1 is 1.07 bits per heavy atom. The first-order valence-electron chi connectivity index (χ1n) is 8.74. The van der Waals surface area contributed by atoms with E-state index in [1.807, 2.05) is 53.6 Å². The first-order chi connectivity index (χ1) is 13.2. The lowest BCUT2D eigenvalue weighted by Crippen LogP contribution is -2.32. The van der Waals surface area contributed by atoms with Gasteiger partial charge in [-0.1, -0.05) is 6.07 Å². The van der Waals surface area contributed by atoms with Gasteiger partial charge in [0.15, 0.2) is 5.11 Å². The fourth-order valence-electron chi connectivity index (χ4n) is 3.56. The van der Waals surface area contributed by atoms with E-state index in [0.717, 1.165) is 17.1 Å². The van der Waals surface area contributed by atoms with Crippen LogP contribution in [0.2, 0.25) is 0 Å². The molecule has 1 aliphatic rings. The monoisotopic (exact) mass is 380 g/mol. The number of benzene rings is 1. The standard InChI is InChI=1S/C20H20N4O2S/c25-13-12-24-19(18(22-20(24)27)16-4-1-2-10-21-16)17-5-3-11-23(17)14-6-8-15(26)9-7-14/h1-11,18-19,25-26H,12-13H2,(H,22,27)/t18-,19-/m1/s1. The summed E-state index contributed by atoms with van der Waals surface area (Å²) in [6, 6.07) is 16.7. The number of aromatic nitrogens is 2. The van der Waals surface area contributed by atoms with E-state index >= 15 is 0 Å². The molecule has 0 bridgehead atoms. The molecule has 3 aromatic rings. The Balaban J connectivity index is 1.80. The second-order valence-electron chi connectivity index (χ2n) is 6.36. The molecule has 1 aliphatic heterocycles. The minimum absolute atomic E-state index is 0.00712. The van der Waals surface area contributed by atoms with Crippen LogP contribution in [0.15, 0.2) is 67.0 Å². The van der Waals surface area contributed by atoms with E-state index in [1.54, 1.807) is 18.3 Å². The van der Waals surface area contributed by atoms with Crippen molar-refractivity contribution in [3.8, 4) is 11.4 Å². The number of phenolic OH excluding ortho intramolecular Hbond substituents is 1. The number of hydrogen-bond donors (Lipinski definition) is 3. The van der Waals surface area contributed by atoms with Gasteiger partial charge in [0, 0.05) is 30.3 Å². The van der Waals surface area contributed by atoms with Gasteiger partial charge in [0.2, 0.25) is 0 Å². The van der Waals surface area contributed by atoms with Crippen LogP contribution < -0.4 is 5.32 Å². The van der Waals surface area contributed by atoms with E-state index in [9.17, 15) is 10.2 Å². The zero-order chi connectivity index (χ0) is 18.8. The van der Waals surface area contributed by atoms with E-state index in [4.69, 9.17) is 12.2 Å². The van der Waals surface area contributed by atoms with Crippen LogP contribution in [-0.4, -0.2) is 42.9 Å². The average molecular weight is 380 g/mol. The highest BCUT2D eigenvalue weighted by atomic mass is 32.1. The van der Waals surface area contributed by atoms with E-state index in [-0.39, 0.29) is 24.4 Å². The van der Waals surface area contributed by atoms with E-state index in [0.29, 0.717) is 11.7 Å². The number of hydrogen-bond acceptors (Lipinski definition) is 4. The Morgan fingerprint density at radius 2 is 1.89 bits per heavy atom. The molecule has 1 fully saturated rings. The average Bonchev–Trinajstić information content (AvgIpc) is 3.28. The van der Waals surface area contributed by atoms with Gasteiger partial charge >= 0.3 is 0 Å². The number of aromatic hydroxyl groups is 1. The summed E-state index contributed by atoms with van der Waals surface area (Å²) < 4.78 is 2.07. The second-order valence-corrected chi connectivity index (χ2v) is 6.75. The van der Waals surface area contributed by atoms with Gasteiger partial charge in [0.05, 0.1) is 24.4 Å². The van der Waals surface area contributed by atoms with Crippen LogP contribution >= 0.6 is 12.2 Å². The molecule has 7 heteroatoms. The van der Waals surface area contributed by atoms with E-state index < -0.39 is 0 Å². The van der Waals surface area contributed by atoms with Crippen LogP contribution in [0, 0.1) is 0 Å². The molecule has 2 atom stereocenters. The van der Waals surface area contributed by atoms with E-state index in [1.165, 1.54) is 0 Å². The zero-order valence-electron chi connectivity index (χ0n) is 14.6. The Bertz CT molecular complexity index is 927. The zero-order valence-corrected chi connectivity index (χ0v) is 15.4. The summed E-state index contributed by atoms with van der Waals surface area (Å²) in [7, 11) is 0. The number of β-amino-alcohol motifs (C(OH)–C–C–N with tert-alkyl or cyclic N) is 1. The van der Waals surface area contributed by atoms with Gasteiger partial charge in [0.1, 0.15) is 5.75 Å². The number of pyridine rings is 1. The summed E-state index contributed by atoms with van der Waals surface area (Å²) >= 11 is 5.54. The molecule has 0 amide bonds. The number of phenols is 1. The number of nitrogens with zero attached hydrogens (tertiary/aromatic N) is 3. The van der Waals surface area contributed by atoms with Gasteiger partial charge in [-0.15, -0.1) is 0 Å². The molecule has 6 nitrogen and oxygen atoms in total. The molecular weight excluding hydrogens is 360 g/mol. The summed E-state index contributed by atoms with van der Waals surface area (Å²) in [6.07, 6.45) is 3.75. The predicted octanol–water partition coefficient (Wildman–Crippen LogP) is 2.54. The Labute approximate surface area is 162 Å². The Hall–Kier alpha value is -2.90. The summed E-state index contributed by atoms with van der Waals surface area (Å²) in [5.41, 5.74) is 2.86. The number of aliphatic hydroxyl groups is 1. The molecule has 3 heterocycles. The summed E-state index contributed by atoms with van der Waals surface area (Å²) in [5, 5.41) is 23.1. The van der Waals surface area contributed by atoms with Crippen molar-refractivity contribution in [1.29, 1.82) is 0 Å². The number of rotatable bonds is 5. The molecule has 27 heavy (non-hydrogen) atoms. The molecule has 1 saturated heterocycles. The van der Waals surface area contributed by atoms with Crippen LogP contribution in [0.1, 0.15) is 23.5 Å². The summed E-state index contributed by atoms with van der Waals surface area (Å²) in [5.74, 6) is 0.226. The molecule has 0 radical (unpaired) electrons. The second kappa shape index (κ2) is 7.38. The third kappa shape index (κ3) is 3.27. The molecule has 2 aromatic heterocycles. The predicted molar refractivity (Wildman–Crippen MR) is 107 cm³/mol. The van der Waals surface area contributed by atoms with Gasteiger partial charge in [-0.3, -0.25) is 4.98 Å². The van der Waals surface area contributed by atoms with Gasteiger partial charge in [0.25, 0.3) is 0 Å². The maximum Gasteiger partial charge on any atom is 0.170 e. The fourth-order valence-corrected chi connectivity index (χ4v) is 3.89. The molecule has 1 aromatic carbocycles. The van der Waals surface area contributed by atoms with Crippen molar-refractivity contribution in [2.75, 3.05) is 13.2 Å². The lowest BCUT2D eigenvalue weighted by atomic mass is 10.0. The van der Waals surface area contributed by atoms with Crippen molar-refractivity contribution in [2.45, 2.75) is 12.1 Å². The fraction of sp³-hybridized carbons (Fsp3) is 0.200. The maximum absolute atomic E-state index is 9.59. The normalized spacial score (nSPS) is 19.3. The summed E-state index contributed by atoms with van der Waals surface area (Å²) in [6.45, 7) is 0.438. The van der Waals surface area contributed by atoms with Crippen LogP contribution in [0.5, 0.6) is 5.75 Å². The molecule has 3 N–H and O–H groups in total. The first kappa shape index (κ1) is 17.5. The van der Waals surface area contributed by atoms with Crippen LogP contribution in [0.25, 0.3) is 5.69 Å².